The summed E-state index contributed by atoms with van der Waals surface area (Å²) in [6.07, 6.45) is 1.77. The van der Waals surface area contributed by atoms with Crippen LogP contribution in [0.3, 0.4) is 0 Å². The van der Waals surface area contributed by atoms with E-state index in [1.807, 2.05) is 18.2 Å². The maximum atomic E-state index is 13.9. The van der Waals surface area contributed by atoms with Crippen LogP contribution < -0.4 is 4.74 Å². The molecule has 1 unspecified atom stereocenters. The van der Waals surface area contributed by atoms with E-state index in [0.717, 1.165) is 6.08 Å². The van der Waals surface area contributed by atoms with Crippen molar-refractivity contribution in [1.82, 2.24) is 0 Å². The topological polar surface area (TPSA) is 35.5 Å². The van der Waals surface area contributed by atoms with Crippen LogP contribution in [0.1, 0.15) is 25.0 Å². The highest BCUT2D eigenvalue weighted by Crippen LogP contribution is 2.26. The molecule has 8 heteroatoms. The largest absolute Gasteiger partial charge is 0.460 e. The van der Waals surface area contributed by atoms with Gasteiger partial charge >= 0.3 is 5.97 Å². The van der Waals surface area contributed by atoms with Crippen LogP contribution in [-0.2, 0) is 16.1 Å². The van der Waals surface area contributed by atoms with E-state index in [4.69, 9.17) is 9.47 Å². The monoisotopic (exact) mass is 476 g/mol. The van der Waals surface area contributed by atoms with Gasteiger partial charge in [0, 0.05) is 0 Å². The Bertz CT molecular complexity index is 1160. The number of rotatable bonds is 8. The van der Waals surface area contributed by atoms with Gasteiger partial charge in [0.1, 0.15) is 18.1 Å². The Morgan fingerprint density at radius 3 is 2.03 bits per heavy atom. The van der Waals surface area contributed by atoms with Gasteiger partial charge in [0.15, 0.2) is 23.3 Å². The first-order chi connectivity index (χ1) is 16.2. The Hall–Kier alpha value is -3.68. The van der Waals surface area contributed by atoms with Crippen LogP contribution in [-0.4, -0.2) is 5.97 Å². The third-order valence-corrected chi connectivity index (χ3v) is 4.96. The van der Waals surface area contributed by atoms with Gasteiger partial charge in [-0.05, 0) is 35.7 Å². The lowest BCUT2D eigenvalue weighted by atomic mass is 9.94. The zero-order chi connectivity index (χ0) is 24.8. The van der Waals surface area contributed by atoms with Crippen molar-refractivity contribution in [2.45, 2.75) is 20.5 Å². The van der Waals surface area contributed by atoms with E-state index in [-0.39, 0.29) is 12.5 Å². The molecule has 0 radical (unpaired) electrons. The molecule has 0 bridgehead atoms. The van der Waals surface area contributed by atoms with Gasteiger partial charge in [0.05, 0.1) is 11.5 Å². The minimum absolute atomic E-state index is 0.107. The number of hydrogen-bond acceptors (Lipinski definition) is 3. The van der Waals surface area contributed by atoms with E-state index in [9.17, 15) is 26.7 Å². The summed E-state index contributed by atoms with van der Waals surface area (Å²) in [5, 5.41) is 0. The summed E-state index contributed by atoms with van der Waals surface area (Å²) >= 11 is 0. The van der Waals surface area contributed by atoms with Gasteiger partial charge in [-0.15, -0.1) is 0 Å². The molecule has 0 aromatic heterocycles. The smallest absolute Gasteiger partial charge is 0.313 e. The second-order valence-corrected chi connectivity index (χ2v) is 7.78. The van der Waals surface area contributed by atoms with E-state index >= 15 is 0 Å². The van der Waals surface area contributed by atoms with Gasteiger partial charge in [-0.3, -0.25) is 4.79 Å². The minimum atomic E-state index is -2.24. The van der Waals surface area contributed by atoms with Crippen molar-refractivity contribution >= 4 is 12.0 Å². The molecular weight excluding hydrogens is 455 g/mol. The molecule has 1 atom stereocenters. The summed E-state index contributed by atoms with van der Waals surface area (Å²) < 4.78 is 79.0. The van der Waals surface area contributed by atoms with Gasteiger partial charge in [0.2, 0.25) is 5.82 Å². The highest BCUT2D eigenvalue weighted by Gasteiger charge is 2.26. The van der Waals surface area contributed by atoms with Crippen molar-refractivity contribution in [3.05, 3.63) is 101 Å². The predicted octanol–water partition coefficient (Wildman–Crippen LogP) is 7.20. The van der Waals surface area contributed by atoms with E-state index in [2.05, 4.69) is 0 Å². The summed E-state index contributed by atoms with van der Waals surface area (Å²) in [4.78, 5) is 12.6. The molecule has 0 amide bonds. The molecule has 3 aromatic carbocycles. The van der Waals surface area contributed by atoms with Crippen molar-refractivity contribution in [3.63, 3.8) is 0 Å². The molecule has 0 aliphatic carbocycles. The molecule has 34 heavy (non-hydrogen) atoms. The Kier molecular flexibility index (Phi) is 8.04. The SMILES string of the molecule is CC(C)C(C=Cc1c(F)c(F)c(F)c(F)c1F)C(=O)OCc1cccc(Oc2ccccc2)c1. The van der Waals surface area contributed by atoms with E-state index < -0.39 is 46.5 Å². The summed E-state index contributed by atoms with van der Waals surface area (Å²) in [5.41, 5.74) is -0.492. The first-order valence-electron chi connectivity index (χ1n) is 10.4. The van der Waals surface area contributed by atoms with Crippen molar-refractivity contribution in [1.29, 1.82) is 0 Å². The van der Waals surface area contributed by atoms with Gasteiger partial charge in [0.25, 0.3) is 0 Å². The van der Waals surface area contributed by atoms with Crippen LogP contribution in [0.25, 0.3) is 6.08 Å². The predicted molar refractivity (Wildman–Crippen MR) is 116 cm³/mol. The van der Waals surface area contributed by atoms with E-state index in [1.54, 1.807) is 50.2 Å². The fourth-order valence-electron chi connectivity index (χ4n) is 3.12. The lowest BCUT2D eigenvalue weighted by molar-refractivity contribution is -0.149. The first kappa shape index (κ1) is 25.0. The Morgan fingerprint density at radius 2 is 1.41 bits per heavy atom. The Labute approximate surface area is 193 Å². The Morgan fingerprint density at radius 1 is 0.824 bits per heavy atom. The fraction of sp³-hybridized carbons (Fsp3) is 0.192. The quantitative estimate of drug-likeness (QED) is 0.149. The molecule has 3 aromatic rings. The standard InChI is InChI=1S/C26H21F5O3/c1-15(2)19(11-12-20-21(27)23(29)25(31)24(30)22(20)28)26(32)33-14-16-7-6-10-18(13-16)34-17-8-4-3-5-9-17/h3-13,15,19H,14H2,1-2H3. The van der Waals surface area contributed by atoms with Crippen molar-refractivity contribution in [2.75, 3.05) is 0 Å². The molecule has 0 aliphatic heterocycles. The van der Waals surface area contributed by atoms with Crippen LogP contribution >= 0.6 is 0 Å². The Balaban J connectivity index is 1.71. The maximum Gasteiger partial charge on any atom is 0.313 e. The summed E-state index contributed by atoms with van der Waals surface area (Å²) in [6.45, 7) is 3.21. The van der Waals surface area contributed by atoms with E-state index in [1.165, 1.54) is 0 Å². The number of benzene rings is 3. The van der Waals surface area contributed by atoms with Gasteiger partial charge < -0.3 is 9.47 Å². The molecule has 0 heterocycles. The van der Waals surface area contributed by atoms with Crippen LogP contribution in [0.15, 0.2) is 60.7 Å². The van der Waals surface area contributed by atoms with Crippen LogP contribution in [0.5, 0.6) is 11.5 Å². The van der Waals surface area contributed by atoms with Gasteiger partial charge in [-0.2, -0.15) is 0 Å². The number of para-hydroxylation sites is 1. The lowest BCUT2D eigenvalue weighted by Crippen LogP contribution is -2.21. The fourth-order valence-corrected chi connectivity index (χ4v) is 3.12. The number of carbonyl (C=O) groups is 1. The molecule has 178 valence electrons. The lowest BCUT2D eigenvalue weighted by Gasteiger charge is -2.16. The molecule has 0 fully saturated rings. The zero-order valence-electron chi connectivity index (χ0n) is 18.3. The van der Waals surface area contributed by atoms with Gasteiger partial charge in [-0.25, -0.2) is 22.0 Å². The number of ether oxygens (including phenoxy) is 2. The summed E-state index contributed by atoms with van der Waals surface area (Å²) in [7, 11) is 0. The number of halogens is 5. The molecule has 3 nitrogen and oxygen atoms in total. The minimum Gasteiger partial charge on any atom is -0.460 e. The molecule has 0 saturated carbocycles. The molecule has 3 rings (SSSR count). The second-order valence-electron chi connectivity index (χ2n) is 7.78. The molecule has 0 aliphatic rings. The number of carbonyl (C=O) groups excluding carboxylic acids is 1. The molecular formula is C26H21F5O3. The highest BCUT2D eigenvalue weighted by molar-refractivity contribution is 5.76. The van der Waals surface area contributed by atoms with Crippen LogP contribution in [0, 0.1) is 40.9 Å². The third-order valence-electron chi connectivity index (χ3n) is 4.96. The summed E-state index contributed by atoms with van der Waals surface area (Å²) in [6, 6.07) is 16.0. The normalized spacial score (nSPS) is 12.2. The van der Waals surface area contributed by atoms with Crippen molar-refractivity contribution in [2.24, 2.45) is 11.8 Å². The number of esters is 1. The van der Waals surface area contributed by atoms with Crippen molar-refractivity contribution < 1.29 is 36.2 Å². The van der Waals surface area contributed by atoms with E-state index in [0.29, 0.717) is 23.1 Å². The third kappa shape index (κ3) is 5.81. The number of hydrogen-bond donors (Lipinski definition) is 0. The average Bonchev–Trinajstić information content (AvgIpc) is 2.83. The average molecular weight is 476 g/mol. The second kappa shape index (κ2) is 11.0. The molecule has 0 saturated heterocycles. The van der Waals surface area contributed by atoms with Crippen LogP contribution in [0.2, 0.25) is 0 Å². The van der Waals surface area contributed by atoms with Crippen molar-refractivity contribution in [3.8, 4) is 11.5 Å². The molecule has 0 spiro atoms. The zero-order valence-corrected chi connectivity index (χ0v) is 18.3. The van der Waals surface area contributed by atoms with Crippen LogP contribution in [0.4, 0.5) is 22.0 Å². The first-order valence-corrected chi connectivity index (χ1v) is 10.4. The van der Waals surface area contributed by atoms with Gasteiger partial charge in [-0.1, -0.05) is 56.3 Å². The summed E-state index contributed by atoms with van der Waals surface area (Å²) in [5.74, 6) is -11.2. The molecule has 0 N–H and O–H groups in total. The highest BCUT2D eigenvalue weighted by atomic mass is 19.2. The maximum absolute atomic E-state index is 13.9.